The highest BCUT2D eigenvalue weighted by molar-refractivity contribution is 6.01. The Morgan fingerprint density at radius 1 is 1.38 bits per heavy atom. The summed E-state index contributed by atoms with van der Waals surface area (Å²) in [6.45, 7) is 6.20. The van der Waals surface area contributed by atoms with Gasteiger partial charge in [-0.3, -0.25) is 14.9 Å². The normalized spacial score (nSPS) is 22.6. The molecule has 1 atom stereocenters. The maximum atomic E-state index is 12.6. The summed E-state index contributed by atoms with van der Waals surface area (Å²) in [4.78, 5) is 36.9. The van der Waals surface area contributed by atoms with Gasteiger partial charge in [-0.25, -0.2) is 4.79 Å². The summed E-state index contributed by atoms with van der Waals surface area (Å²) in [6, 6.07) is 4.03. The quantitative estimate of drug-likeness (QED) is 0.561. The summed E-state index contributed by atoms with van der Waals surface area (Å²) in [5, 5.41) is 10.9. The van der Waals surface area contributed by atoms with Crippen molar-refractivity contribution in [2.45, 2.75) is 51.2 Å². The van der Waals surface area contributed by atoms with E-state index < -0.39 is 22.2 Å². The zero-order valence-electron chi connectivity index (χ0n) is 15.1. The van der Waals surface area contributed by atoms with Crippen LogP contribution in [-0.4, -0.2) is 46.0 Å². The molecule has 8 heteroatoms. The van der Waals surface area contributed by atoms with Gasteiger partial charge in [0.2, 0.25) is 0 Å². The standard InChI is InChI=1S/C18H22N2O6/c1-17(2,3)26-16(22)19-8-4-7-18(11-19)10-14(21)13-9-12(20(23)24)5-6-15(13)25-18/h5-6,9H,4,7-8,10-11H2,1-3H3/t18-/m0/s1. The number of piperidine rings is 1. The molecular weight excluding hydrogens is 340 g/mol. The second kappa shape index (κ2) is 6.26. The first-order valence-electron chi connectivity index (χ1n) is 8.57. The molecule has 0 N–H and O–H groups in total. The van der Waals surface area contributed by atoms with Gasteiger partial charge < -0.3 is 14.4 Å². The van der Waals surface area contributed by atoms with Crippen molar-refractivity contribution in [3.63, 3.8) is 0 Å². The summed E-state index contributed by atoms with van der Waals surface area (Å²) >= 11 is 0. The molecule has 2 aliphatic heterocycles. The SMILES string of the molecule is CC(C)(C)OC(=O)N1CCC[C@]2(CC(=O)c3cc([N+](=O)[O-])ccc3O2)C1. The van der Waals surface area contributed by atoms with Crippen LogP contribution in [0, 0.1) is 10.1 Å². The van der Waals surface area contributed by atoms with Crippen LogP contribution in [-0.2, 0) is 4.74 Å². The summed E-state index contributed by atoms with van der Waals surface area (Å²) in [5.41, 5.74) is -1.33. The van der Waals surface area contributed by atoms with E-state index in [-0.39, 0.29) is 30.0 Å². The van der Waals surface area contributed by atoms with Gasteiger partial charge in [-0.15, -0.1) is 0 Å². The number of amides is 1. The molecule has 0 radical (unpaired) electrons. The lowest BCUT2D eigenvalue weighted by Crippen LogP contribution is -2.56. The van der Waals surface area contributed by atoms with Crippen molar-refractivity contribution >= 4 is 17.6 Å². The van der Waals surface area contributed by atoms with E-state index >= 15 is 0 Å². The van der Waals surface area contributed by atoms with Gasteiger partial charge in [-0.2, -0.15) is 0 Å². The molecule has 0 aliphatic carbocycles. The zero-order valence-corrected chi connectivity index (χ0v) is 15.1. The molecular formula is C18H22N2O6. The molecule has 0 saturated carbocycles. The number of non-ortho nitro benzene ring substituents is 1. The van der Waals surface area contributed by atoms with E-state index in [1.165, 1.54) is 18.2 Å². The Labute approximate surface area is 151 Å². The number of benzene rings is 1. The molecule has 2 aliphatic rings. The molecule has 3 rings (SSSR count). The predicted octanol–water partition coefficient (Wildman–Crippen LogP) is 3.33. The van der Waals surface area contributed by atoms with Gasteiger partial charge in [-0.1, -0.05) is 0 Å². The van der Waals surface area contributed by atoms with E-state index in [0.717, 1.165) is 0 Å². The first-order valence-corrected chi connectivity index (χ1v) is 8.57. The Morgan fingerprint density at radius 2 is 2.12 bits per heavy atom. The minimum atomic E-state index is -0.810. The number of carbonyl (C=O) groups is 2. The van der Waals surface area contributed by atoms with Crippen LogP contribution in [0.1, 0.15) is 50.4 Å². The monoisotopic (exact) mass is 362 g/mol. The third-order valence-electron chi connectivity index (χ3n) is 4.47. The zero-order chi connectivity index (χ0) is 19.1. The summed E-state index contributed by atoms with van der Waals surface area (Å²) in [5.74, 6) is 0.124. The highest BCUT2D eigenvalue weighted by Gasteiger charge is 2.45. The molecule has 1 aromatic carbocycles. The van der Waals surface area contributed by atoms with E-state index in [1.54, 1.807) is 25.7 Å². The minimum Gasteiger partial charge on any atom is -0.484 e. The summed E-state index contributed by atoms with van der Waals surface area (Å²) in [7, 11) is 0. The number of fused-ring (bicyclic) bond motifs is 1. The number of ether oxygens (including phenoxy) is 2. The fourth-order valence-electron chi connectivity index (χ4n) is 3.40. The molecule has 140 valence electrons. The third-order valence-corrected chi connectivity index (χ3v) is 4.47. The highest BCUT2D eigenvalue weighted by Crippen LogP contribution is 2.39. The third kappa shape index (κ3) is 3.63. The molecule has 0 aromatic heterocycles. The molecule has 1 aromatic rings. The molecule has 2 heterocycles. The van der Waals surface area contributed by atoms with E-state index in [2.05, 4.69) is 0 Å². The number of rotatable bonds is 1. The van der Waals surface area contributed by atoms with Gasteiger partial charge >= 0.3 is 6.09 Å². The fraction of sp³-hybridized carbons (Fsp3) is 0.556. The lowest BCUT2D eigenvalue weighted by atomic mass is 9.83. The Morgan fingerprint density at radius 3 is 2.77 bits per heavy atom. The van der Waals surface area contributed by atoms with Crippen molar-refractivity contribution in [2.75, 3.05) is 13.1 Å². The van der Waals surface area contributed by atoms with Crippen LogP contribution in [0.3, 0.4) is 0 Å². The number of carbonyl (C=O) groups excluding carboxylic acids is 2. The Hall–Kier alpha value is -2.64. The predicted molar refractivity (Wildman–Crippen MR) is 92.4 cm³/mol. The number of nitro benzene ring substituents is 1. The van der Waals surface area contributed by atoms with Crippen LogP contribution >= 0.6 is 0 Å². The topological polar surface area (TPSA) is 99.0 Å². The van der Waals surface area contributed by atoms with E-state index in [4.69, 9.17) is 9.47 Å². The van der Waals surface area contributed by atoms with E-state index in [1.807, 2.05) is 0 Å². The Balaban J connectivity index is 1.82. The van der Waals surface area contributed by atoms with Crippen molar-refractivity contribution in [1.29, 1.82) is 0 Å². The average molecular weight is 362 g/mol. The number of Topliss-reactive ketones (excluding diaryl/α,β-unsaturated/α-hetero) is 1. The van der Waals surface area contributed by atoms with Gasteiger partial charge in [-0.05, 0) is 39.7 Å². The molecule has 0 unspecified atom stereocenters. The number of likely N-dealkylation sites (tertiary alicyclic amines) is 1. The maximum absolute atomic E-state index is 12.6. The fourth-order valence-corrected chi connectivity index (χ4v) is 3.40. The largest absolute Gasteiger partial charge is 0.484 e. The van der Waals surface area contributed by atoms with Crippen LogP contribution in [0.2, 0.25) is 0 Å². The summed E-state index contributed by atoms with van der Waals surface area (Å²) < 4.78 is 11.5. The lowest BCUT2D eigenvalue weighted by molar-refractivity contribution is -0.384. The number of ketones is 1. The molecule has 8 nitrogen and oxygen atoms in total. The number of hydrogen-bond acceptors (Lipinski definition) is 6. The van der Waals surface area contributed by atoms with Crippen molar-refractivity contribution < 1.29 is 24.0 Å². The van der Waals surface area contributed by atoms with Crippen molar-refractivity contribution in [1.82, 2.24) is 4.90 Å². The van der Waals surface area contributed by atoms with Gasteiger partial charge in [0.05, 0.1) is 23.5 Å². The highest BCUT2D eigenvalue weighted by atomic mass is 16.6. The van der Waals surface area contributed by atoms with E-state index in [0.29, 0.717) is 25.1 Å². The second-order valence-corrected chi connectivity index (χ2v) is 7.83. The molecule has 26 heavy (non-hydrogen) atoms. The van der Waals surface area contributed by atoms with Crippen LogP contribution in [0.15, 0.2) is 18.2 Å². The summed E-state index contributed by atoms with van der Waals surface area (Å²) in [6.07, 6.45) is 0.978. The Bertz CT molecular complexity index is 769. The van der Waals surface area contributed by atoms with Gasteiger partial charge in [0.25, 0.3) is 5.69 Å². The number of nitrogens with zero attached hydrogens (tertiary/aromatic N) is 2. The van der Waals surface area contributed by atoms with Gasteiger partial charge in [0.1, 0.15) is 17.0 Å². The van der Waals surface area contributed by atoms with Crippen LogP contribution in [0.4, 0.5) is 10.5 Å². The van der Waals surface area contributed by atoms with E-state index in [9.17, 15) is 19.7 Å². The average Bonchev–Trinajstić information content (AvgIpc) is 2.52. The lowest BCUT2D eigenvalue weighted by Gasteiger charge is -2.44. The van der Waals surface area contributed by atoms with Crippen molar-refractivity contribution in [2.24, 2.45) is 0 Å². The van der Waals surface area contributed by atoms with Gasteiger partial charge in [0.15, 0.2) is 5.78 Å². The van der Waals surface area contributed by atoms with Gasteiger partial charge in [0, 0.05) is 18.7 Å². The smallest absolute Gasteiger partial charge is 0.410 e. The van der Waals surface area contributed by atoms with Crippen LogP contribution in [0.5, 0.6) is 5.75 Å². The molecule has 1 amide bonds. The Kier molecular flexibility index (Phi) is 4.37. The van der Waals surface area contributed by atoms with Crippen LogP contribution in [0.25, 0.3) is 0 Å². The maximum Gasteiger partial charge on any atom is 0.410 e. The van der Waals surface area contributed by atoms with Crippen molar-refractivity contribution in [3.05, 3.63) is 33.9 Å². The second-order valence-electron chi connectivity index (χ2n) is 7.83. The molecule has 1 saturated heterocycles. The van der Waals surface area contributed by atoms with Crippen LogP contribution < -0.4 is 4.74 Å². The first kappa shape index (κ1) is 18.2. The first-order chi connectivity index (χ1) is 12.1. The van der Waals surface area contributed by atoms with Crippen molar-refractivity contribution in [3.8, 4) is 5.75 Å². The molecule has 1 fully saturated rings. The minimum absolute atomic E-state index is 0.0838. The number of nitro groups is 1. The molecule has 1 spiro atoms. The molecule has 0 bridgehead atoms. The number of hydrogen-bond donors (Lipinski definition) is 0.